The number of carbonyl (C=O) groups is 2. The zero-order valence-electron chi connectivity index (χ0n) is 16.5. The van der Waals surface area contributed by atoms with Crippen molar-refractivity contribution in [2.45, 2.75) is 38.5 Å². The van der Waals surface area contributed by atoms with E-state index in [0.717, 1.165) is 55.8 Å². The van der Waals surface area contributed by atoms with Crippen molar-refractivity contribution in [3.63, 3.8) is 0 Å². The molecule has 1 aliphatic carbocycles. The molecule has 0 atom stereocenters. The number of hydrogen-bond acceptors (Lipinski definition) is 5. The van der Waals surface area contributed by atoms with E-state index in [1.165, 1.54) is 36.2 Å². The number of nitrogens with zero attached hydrogens (tertiary/aromatic N) is 3. The molecule has 1 N–H and O–H groups in total. The molecule has 3 heterocycles. The summed E-state index contributed by atoms with van der Waals surface area (Å²) in [5, 5.41) is 5.58. The molecule has 6 nitrogen and oxygen atoms in total. The minimum Gasteiger partial charge on any atom is -0.312 e. The van der Waals surface area contributed by atoms with Crippen molar-refractivity contribution < 1.29 is 9.59 Å². The molecule has 7 heteroatoms. The summed E-state index contributed by atoms with van der Waals surface area (Å²) in [6.07, 6.45) is 6.58. The van der Waals surface area contributed by atoms with Gasteiger partial charge >= 0.3 is 0 Å². The van der Waals surface area contributed by atoms with E-state index < -0.39 is 0 Å². The number of fused-ring (bicyclic) bond motifs is 1. The first-order valence-corrected chi connectivity index (χ1v) is 11.5. The lowest BCUT2D eigenvalue weighted by Crippen LogP contribution is -2.36. The highest BCUT2D eigenvalue weighted by atomic mass is 32.1. The van der Waals surface area contributed by atoms with Gasteiger partial charge in [0.05, 0.1) is 12.2 Å². The lowest BCUT2D eigenvalue weighted by Gasteiger charge is -2.25. The van der Waals surface area contributed by atoms with Crippen molar-refractivity contribution in [2.24, 2.45) is 5.92 Å². The zero-order valence-corrected chi connectivity index (χ0v) is 17.3. The number of amides is 2. The third kappa shape index (κ3) is 4.07. The average molecular weight is 411 g/mol. The molecule has 3 aliphatic rings. The summed E-state index contributed by atoms with van der Waals surface area (Å²) in [5.74, 6) is 0.537. The average Bonchev–Trinajstić information content (AvgIpc) is 3.34. The molecule has 2 fully saturated rings. The summed E-state index contributed by atoms with van der Waals surface area (Å²) in [5.41, 5.74) is 4.17. The second-order valence-corrected chi connectivity index (χ2v) is 9.14. The van der Waals surface area contributed by atoms with Gasteiger partial charge in [-0.15, -0.1) is 11.3 Å². The predicted molar refractivity (Wildman–Crippen MR) is 115 cm³/mol. The Morgan fingerprint density at radius 3 is 2.76 bits per heavy atom. The fourth-order valence-corrected chi connectivity index (χ4v) is 5.02. The van der Waals surface area contributed by atoms with Crippen LogP contribution in [0.4, 0.5) is 10.8 Å². The Morgan fingerprint density at radius 1 is 1.14 bits per heavy atom. The van der Waals surface area contributed by atoms with Crippen molar-refractivity contribution in [2.75, 3.05) is 36.4 Å². The van der Waals surface area contributed by atoms with E-state index in [2.05, 4.69) is 21.3 Å². The van der Waals surface area contributed by atoms with Crippen molar-refractivity contribution >= 4 is 34.0 Å². The summed E-state index contributed by atoms with van der Waals surface area (Å²) in [6, 6.07) is 6.22. The number of piperidine rings is 1. The number of rotatable bonds is 5. The molecule has 0 spiro atoms. The number of aromatic nitrogens is 1. The van der Waals surface area contributed by atoms with Crippen LogP contribution in [0.2, 0.25) is 0 Å². The maximum atomic E-state index is 12.4. The topological polar surface area (TPSA) is 65.5 Å². The van der Waals surface area contributed by atoms with Gasteiger partial charge in [0.2, 0.25) is 11.8 Å². The molecule has 1 aromatic carbocycles. The number of carbonyl (C=O) groups excluding carboxylic acids is 2. The summed E-state index contributed by atoms with van der Waals surface area (Å²) < 4.78 is 0. The number of thiazole rings is 1. The SMILES string of the molecule is O=C(CN1CCCCC1)Nc1nc(-c2ccc3c(c2)CCN3C(=O)C2CC2)cs1. The van der Waals surface area contributed by atoms with Crippen LogP contribution in [0, 0.1) is 5.92 Å². The molecule has 1 saturated carbocycles. The first kappa shape index (κ1) is 18.8. The van der Waals surface area contributed by atoms with Crippen LogP contribution in [0.15, 0.2) is 23.6 Å². The fraction of sp³-hybridized carbons (Fsp3) is 0.500. The van der Waals surface area contributed by atoms with Gasteiger partial charge in [-0.3, -0.25) is 14.5 Å². The summed E-state index contributed by atoms with van der Waals surface area (Å²) in [6.45, 7) is 3.24. The Kier molecular flexibility index (Phi) is 5.09. The highest BCUT2D eigenvalue weighted by Crippen LogP contribution is 2.38. The Hall–Kier alpha value is -2.25. The third-order valence-electron chi connectivity index (χ3n) is 6.03. The van der Waals surface area contributed by atoms with Gasteiger partial charge in [-0.1, -0.05) is 12.5 Å². The molecule has 2 amide bonds. The minimum atomic E-state index is 0.0102. The predicted octanol–water partition coefficient (Wildman–Crippen LogP) is 3.53. The van der Waals surface area contributed by atoms with Gasteiger partial charge < -0.3 is 10.2 Å². The van der Waals surface area contributed by atoms with Crippen LogP contribution in [0.3, 0.4) is 0 Å². The van der Waals surface area contributed by atoms with Crippen LogP contribution in [-0.4, -0.2) is 47.9 Å². The van der Waals surface area contributed by atoms with E-state index in [9.17, 15) is 9.59 Å². The molecule has 0 bridgehead atoms. The second-order valence-electron chi connectivity index (χ2n) is 8.28. The van der Waals surface area contributed by atoms with Gasteiger partial charge in [0.25, 0.3) is 0 Å². The van der Waals surface area contributed by atoms with E-state index in [-0.39, 0.29) is 17.7 Å². The largest absolute Gasteiger partial charge is 0.312 e. The molecule has 0 radical (unpaired) electrons. The highest BCUT2D eigenvalue weighted by Gasteiger charge is 2.36. The van der Waals surface area contributed by atoms with Crippen LogP contribution in [-0.2, 0) is 16.0 Å². The summed E-state index contributed by atoms with van der Waals surface area (Å²) in [4.78, 5) is 33.5. The van der Waals surface area contributed by atoms with Crippen molar-refractivity contribution in [1.82, 2.24) is 9.88 Å². The van der Waals surface area contributed by atoms with E-state index >= 15 is 0 Å². The van der Waals surface area contributed by atoms with Gasteiger partial charge in [-0.25, -0.2) is 4.98 Å². The molecule has 5 rings (SSSR count). The van der Waals surface area contributed by atoms with E-state index in [1.807, 2.05) is 22.4 Å². The molecule has 1 aromatic heterocycles. The molecular formula is C22H26N4O2S. The number of anilines is 2. The highest BCUT2D eigenvalue weighted by molar-refractivity contribution is 7.14. The lowest BCUT2D eigenvalue weighted by atomic mass is 10.1. The van der Waals surface area contributed by atoms with Crippen molar-refractivity contribution in [3.05, 3.63) is 29.1 Å². The normalized spacial score (nSPS) is 19.2. The van der Waals surface area contributed by atoms with Gasteiger partial charge in [0, 0.05) is 29.1 Å². The Balaban J connectivity index is 1.24. The van der Waals surface area contributed by atoms with Crippen LogP contribution < -0.4 is 10.2 Å². The molecule has 2 aliphatic heterocycles. The zero-order chi connectivity index (χ0) is 19.8. The van der Waals surface area contributed by atoms with Crippen LogP contribution >= 0.6 is 11.3 Å². The van der Waals surface area contributed by atoms with Crippen LogP contribution in [0.5, 0.6) is 0 Å². The number of likely N-dealkylation sites (tertiary alicyclic amines) is 1. The number of benzene rings is 1. The smallest absolute Gasteiger partial charge is 0.240 e. The third-order valence-corrected chi connectivity index (χ3v) is 6.79. The first-order chi connectivity index (χ1) is 14.2. The second kappa shape index (κ2) is 7.88. The minimum absolute atomic E-state index is 0.0102. The van der Waals surface area contributed by atoms with Crippen molar-refractivity contribution in [3.8, 4) is 11.3 Å². The molecular weight excluding hydrogens is 384 g/mol. The summed E-state index contributed by atoms with van der Waals surface area (Å²) >= 11 is 1.46. The molecule has 2 aromatic rings. The Morgan fingerprint density at radius 2 is 1.97 bits per heavy atom. The fourth-order valence-electron chi connectivity index (χ4n) is 4.28. The first-order valence-electron chi connectivity index (χ1n) is 10.6. The lowest BCUT2D eigenvalue weighted by molar-refractivity contribution is -0.119. The molecule has 0 unspecified atom stereocenters. The number of nitrogens with one attached hydrogen (secondary N) is 1. The van der Waals surface area contributed by atoms with Gasteiger partial charge in [0.1, 0.15) is 0 Å². The van der Waals surface area contributed by atoms with Crippen LogP contribution in [0.25, 0.3) is 11.3 Å². The monoisotopic (exact) mass is 410 g/mol. The Labute approximate surface area is 174 Å². The van der Waals surface area contributed by atoms with Crippen LogP contribution in [0.1, 0.15) is 37.7 Å². The van der Waals surface area contributed by atoms with Gasteiger partial charge in [-0.2, -0.15) is 0 Å². The standard InChI is InChI=1S/C22H26N4O2S/c27-20(13-25-9-2-1-3-10-25)24-22-23-18(14-29-22)16-6-7-19-17(12-16)8-11-26(19)21(28)15-4-5-15/h6-7,12,14-15H,1-5,8-11,13H2,(H,23,24,27). The summed E-state index contributed by atoms with van der Waals surface area (Å²) in [7, 11) is 0. The van der Waals surface area contributed by atoms with Gasteiger partial charge in [-0.05, 0) is 62.9 Å². The molecule has 152 valence electrons. The molecule has 1 saturated heterocycles. The Bertz CT molecular complexity index is 931. The quantitative estimate of drug-likeness (QED) is 0.819. The van der Waals surface area contributed by atoms with E-state index in [0.29, 0.717) is 11.7 Å². The molecule has 29 heavy (non-hydrogen) atoms. The maximum absolute atomic E-state index is 12.4. The van der Waals surface area contributed by atoms with E-state index in [4.69, 9.17) is 0 Å². The van der Waals surface area contributed by atoms with Crippen molar-refractivity contribution in [1.29, 1.82) is 0 Å². The number of hydrogen-bond donors (Lipinski definition) is 1. The van der Waals surface area contributed by atoms with E-state index in [1.54, 1.807) is 0 Å². The maximum Gasteiger partial charge on any atom is 0.240 e. The van der Waals surface area contributed by atoms with Gasteiger partial charge in [0.15, 0.2) is 5.13 Å².